The van der Waals surface area contributed by atoms with Crippen molar-refractivity contribution in [2.45, 2.75) is 25.7 Å². The second kappa shape index (κ2) is 7.29. The van der Waals surface area contributed by atoms with E-state index in [4.69, 9.17) is 28.3 Å². The number of rotatable bonds is 3. The first-order valence-corrected chi connectivity index (χ1v) is 9.42. The van der Waals surface area contributed by atoms with E-state index in [-0.39, 0.29) is 5.82 Å². The van der Waals surface area contributed by atoms with Gasteiger partial charge in [-0.05, 0) is 55.2 Å². The van der Waals surface area contributed by atoms with Crippen LogP contribution in [0.3, 0.4) is 0 Å². The summed E-state index contributed by atoms with van der Waals surface area (Å²) >= 11 is 12.5. The molecule has 0 amide bonds. The Morgan fingerprint density at radius 3 is 2.65 bits per heavy atom. The Morgan fingerprint density at radius 1 is 1.08 bits per heavy atom. The number of hydrogen-bond donors (Lipinski definition) is 1. The molecule has 1 N–H and O–H groups in total. The molecule has 2 heterocycles. The summed E-state index contributed by atoms with van der Waals surface area (Å²) in [5.74, 6) is 0.761. The van der Waals surface area contributed by atoms with Gasteiger partial charge in [-0.15, -0.1) is 0 Å². The number of halogens is 3. The molecule has 0 bridgehead atoms. The molecule has 2 aromatic carbocycles. The maximum atomic E-state index is 13.2. The van der Waals surface area contributed by atoms with Crippen LogP contribution in [0.4, 0.5) is 10.2 Å². The zero-order chi connectivity index (χ0) is 18.1. The largest absolute Gasteiger partial charge is 0.370 e. The van der Waals surface area contributed by atoms with E-state index in [0.717, 1.165) is 48.6 Å². The molecule has 1 aliphatic rings. The van der Waals surface area contributed by atoms with Gasteiger partial charge < -0.3 is 5.32 Å². The molecule has 0 saturated carbocycles. The van der Waals surface area contributed by atoms with Crippen molar-refractivity contribution in [2.24, 2.45) is 0 Å². The van der Waals surface area contributed by atoms with Gasteiger partial charge in [0, 0.05) is 23.6 Å². The normalized spacial score (nSPS) is 13.8. The summed E-state index contributed by atoms with van der Waals surface area (Å²) in [6.07, 6.45) is 3.84. The van der Waals surface area contributed by atoms with E-state index in [1.165, 1.54) is 17.7 Å². The molecule has 0 fully saturated rings. The van der Waals surface area contributed by atoms with E-state index in [0.29, 0.717) is 16.5 Å². The molecule has 1 aromatic heterocycles. The Bertz CT molecular complexity index is 935. The third-order valence-corrected chi connectivity index (χ3v) is 5.17. The van der Waals surface area contributed by atoms with Crippen LogP contribution in [-0.4, -0.2) is 16.3 Å². The van der Waals surface area contributed by atoms with Crippen LogP contribution in [0.1, 0.15) is 29.7 Å². The van der Waals surface area contributed by atoms with Gasteiger partial charge in [0.15, 0.2) is 0 Å². The lowest BCUT2D eigenvalue weighted by molar-refractivity contribution is 0.627. The van der Waals surface area contributed by atoms with Crippen molar-refractivity contribution >= 4 is 29.0 Å². The lowest BCUT2D eigenvalue weighted by Gasteiger charge is -2.11. The van der Waals surface area contributed by atoms with Crippen LogP contribution in [0, 0.1) is 5.82 Å². The highest BCUT2D eigenvalue weighted by atomic mass is 35.5. The third kappa shape index (κ3) is 3.44. The van der Waals surface area contributed by atoms with Gasteiger partial charge in [-0.25, -0.2) is 9.07 Å². The Kier molecular flexibility index (Phi) is 4.88. The molecule has 0 unspecified atom stereocenters. The molecule has 134 valence electrons. The first-order chi connectivity index (χ1) is 12.6. The highest BCUT2D eigenvalue weighted by Gasteiger charge is 2.22. The van der Waals surface area contributed by atoms with Crippen LogP contribution in [0.5, 0.6) is 0 Å². The Morgan fingerprint density at radius 2 is 1.88 bits per heavy atom. The fourth-order valence-corrected chi connectivity index (χ4v) is 3.83. The second-order valence-corrected chi connectivity index (χ2v) is 7.31. The van der Waals surface area contributed by atoms with E-state index in [1.807, 2.05) is 16.8 Å². The van der Waals surface area contributed by atoms with Crippen molar-refractivity contribution in [1.82, 2.24) is 9.78 Å². The average molecular weight is 390 g/mol. The molecule has 0 aliphatic carbocycles. The van der Waals surface area contributed by atoms with Gasteiger partial charge in [-0.1, -0.05) is 35.3 Å². The molecular weight excluding hydrogens is 372 g/mol. The van der Waals surface area contributed by atoms with Crippen molar-refractivity contribution in [2.75, 3.05) is 11.9 Å². The van der Waals surface area contributed by atoms with E-state index in [9.17, 15) is 4.39 Å². The number of fused-ring (bicyclic) bond motifs is 1. The maximum Gasteiger partial charge on any atom is 0.133 e. The van der Waals surface area contributed by atoms with Crippen molar-refractivity contribution in [3.05, 3.63) is 75.1 Å². The maximum absolute atomic E-state index is 13.2. The van der Waals surface area contributed by atoms with Crippen LogP contribution < -0.4 is 5.32 Å². The smallest absolute Gasteiger partial charge is 0.133 e. The van der Waals surface area contributed by atoms with Gasteiger partial charge in [0.1, 0.15) is 11.6 Å². The highest BCUT2D eigenvalue weighted by molar-refractivity contribution is 6.35. The number of hydrogen-bond acceptors (Lipinski definition) is 2. The minimum absolute atomic E-state index is 0.229. The quantitative estimate of drug-likeness (QED) is 0.626. The Hall–Kier alpha value is -2.04. The van der Waals surface area contributed by atoms with E-state index in [1.54, 1.807) is 18.2 Å². The molecule has 0 atom stereocenters. The van der Waals surface area contributed by atoms with Crippen molar-refractivity contribution < 1.29 is 4.39 Å². The first-order valence-electron chi connectivity index (χ1n) is 8.66. The van der Waals surface area contributed by atoms with E-state index >= 15 is 0 Å². The summed E-state index contributed by atoms with van der Waals surface area (Å²) < 4.78 is 15.1. The fourth-order valence-electron chi connectivity index (χ4n) is 3.34. The van der Waals surface area contributed by atoms with Crippen LogP contribution in [0.15, 0.2) is 42.5 Å². The summed E-state index contributed by atoms with van der Waals surface area (Å²) in [6.45, 7) is 0.903. The lowest BCUT2D eigenvalue weighted by Crippen LogP contribution is -2.07. The van der Waals surface area contributed by atoms with Gasteiger partial charge in [0.05, 0.1) is 16.4 Å². The van der Waals surface area contributed by atoms with Crippen molar-refractivity contribution in [1.29, 1.82) is 0 Å². The standard InChI is InChI=1S/C20H18Cl2FN3/c21-14-6-9-19(17(22)12-14)26-20-16(3-1-2-10-24-20)18(25-26)11-13-4-7-15(23)8-5-13/h4-9,12,24H,1-3,10-11H2. The molecule has 0 saturated heterocycles. The topological polar surface area (TPSA) is 29.9 Å². The molecule has 0 radical (unpaired) electrons. The molecule has 3 aromatic rings. The van der Waals surface area contributed by atoms with E-state index < -0.39 is 0 Å². The lowest BCUT2D eigenvalue weighted by atomic mass is 10.0. The third-order valence-electron chi connectivity index (χ3n) is 4.64. The van der Waals surface area contributed by atoms with Crippen molar-refractivity contribution in [3.63, 3.8) is 0 Å². The number of benzene rings is 2. The summed E-state index contributed by atoms with van der Waals surface area (Å²) in [5, 5.41) is 9.49. The van der Waals surface area contributed by atoms with Crippen LogP contribution in [0.2, 0.25) is 10.0 Å². The van der Waals surface area contributed by atoms with Crippen LogP contribution >= 0.6 is 23.2 Å². The Balaban J connectivity index is 1.79. The van der Waals surface area contributed by atoms with Gasteiger partial charge in [-0.2, -0.15) is 5.10 Å². The highest BCUT2D eigenvalue weighted by Crippen LogP contribution is 2.32. The SMILES string of the molecule is Fc1ccc(Cc2nn(-c3ccc(Cl)cc3Cl)c3c2CCCCN3)cc1. The molecule has 4 rings (SSSR count). The fraction of sp³-hybridized carbons (Fsp3) is 0.250. The predicted octanol–water partition coefficient (Wildman–Crippen LogP) is 5.66. The minimum Gasteiger partial charge on any atom is -0.370 e. The van der Waals surface area contributed by atoms with Gasteiger partial charge in [0.2, 0.25) is 0 Å². The summed E-state index contributed by atoms with van der Waals surface area (Å²) in [4.78, 5) is 0. The second-order valence-electron chi connectivity index (χ2n) is 6.47. The number of aromatic nitrogens is 2. The molecular formula is C20H18Cl2FN3. The molecule has 6 heteroatoms. The van der Waals surface area contributed by atoms with E-state index in [2.05, 4.69) is 5.32 Å². The van der Waals surface area contributed by atoms with Gasteiger partial charge in [-0.3, -0.25) is 0 Å². The first kappa shape index (κ1) is 17.4. The molecule has 26 heavy (non-hydrogen) atoms. The summed E-state index contributed by atoms with van der Waals surface area (Å²) in [6, 6.07) is 12.0. The average Bonchev–Trinajstić information content (AvgIpc) is 2.80. The van der Waals surface area contributed by atoms with Crippen LogP contribution in [-0.2, 0) is 12.8 Å². The monoisotopic (exact) mass is 389 g/mol. The minimum atomic E-state index is -0.229. The van der Waals surface area contributed by atoms with Gasteiger partial charge in [0.25, 0.3) is 0 Å². The predicted molar refractivity (Wildman–Crippen MR) is 104 cm³/mol. The summed E-state index contributed by atoms with van der Waals surface area (Å²) in [7, 11) is 0. The van der Waals surface area contributed by atoms with Gasteiger partial charge >= 0.3 is 0 Å². The van der Waals surface area contributed by atoms with Crippen LogP contribution in [0.25, 0.3) is 5.69 Å². The number of nitrogens with one attached hydrogen (secondary N) is 1. The molecule has 1 aliphatic heterocycles. The molecule has 3 nitrogen and oxygen atoms in total. The van der Waals surface area contributed by atoms with Crippen molar-refractivity contribution in [3.8, 4) is 5.69 Å². The Labute approximate surface area is 161 Å². The number of anilines is 1. The zero-order valence-electron chi connectivity index (χ0n) is 14.1. The summed E-state index contributed by atoms with van der Waals surface area (Å²) in [5.41, 5.74) is 4.03. The molecule has 0 spiro atoms. The number of nitrogens with zero attached hydrogens (tertiary/aromatic N) is 2. The zero-order valence-corrected chi connectivity index (χ0v) is 15.6.